The van der Waals surface area contributed by atoms with Crippen molar-refractivity contribution in [3.8, 4) is 5.82 Å². The van der Waals surface area contributed by atoms with Gasteiger partial charge in [0.1, 0.15) is 23.8 Å². The van der Waals surface area contributed by atoms with Crippen molar-refractivity contribution < 1.29 is 31.1 Å². The molecule has 3 aromatic rings. The number of amides is 1. The molecular weight excluding hydrogens is 478 g/mol. The van der Waals surface area contributed by atoms with Crippen LogP contribution in [0.5, 0.6) is 0 Å². The van der Waals surface area contributed by atoms with Crippen LogP contribution in [0.3, 0.4) is 0 Å². The van der Waals surface area contributed by atoms with Gasteiger partial charge in [0.25, 0.3) is 0 Å². The summed E-state index contributed by atoms with van der Waals surface area (Å²) < 4.78 is 80.2. The Balaban J connectivity index is 1.44. The molecule has 2 aromatic heterocycles. The Hall–Kier alpha value is -3.64. The van der Waals surface area contributed by atoms with E-state index in [1.165, 1.54) is 6.33 Å². The van der Waals surface area contributed by atoms with Crippen LogP contribution in [0.25, 0.3) is 5.82 Å². The van der Waals surface area contributed by atoms with Crippen LogP contribution in [-0.4, -0.2) is 38.5 Å². The zero-order valence-electron chi connectivity index (χ0n) is 18.4. The Kier molecular flexibility index (Phi) is 6.43. The molecule has 7 nitrogen and oxygen atoms in total. The molecule has 1 aliphatic heterocycles. The quantitative estimate of drug-likeness (QED) is 0.520. The van der Waals surface area contributed by atoms with Crippen molar-refractivity contribution in [3.05, 3.63) is 59.9 Å². The highest BCUT2D eigenvalue weighted by molar-refractivity contribution is 5.93. The molecule has 186 valence electrons. The molecule has 1 fully saturated rings. The molecule has 0 radical (unpaired) electrons. The molecule has 1 N–H and O–H groups in total. The van der Waals surface area contributed by atoms with Crippen LogP contribution < -0.4 is 10.2 Å². The standard InChI is InChI=1S/C22H20F6N6O/c1-13-29-4-7-34(13)19-11-18(30-12-31-19)33-5-2-14(3-6-33)20(35)32-17-9-15(21(23,24)25)8-16(10-17)22(26,27)28/h4,7-12,14H,2-3,5-6H2,1H3,(H,32,35). The number of imidazole rings is 1. The van der Waals surface area contributed by atoms with E-state index in [4.69, 9.17) is 0 Å². The van der Waals surface area contributed by atoms with Crippen LogP contribution in [0, 0.1) is 12.8 Å². The van der Waals surface area contributed by atoms with Gasteiger partial charge < -0.3 is 10.2 Å². The molecule has 1 amide bonds. The van der Waals surface area contributed by atoms with Gasteiger partial charge in [0.05, 0.1) is 11.1 Å². The fourth-order valence-corrected chi connectivity index (χ4v) is 3.90. The van der Waals surface area contributed by atoms with Gasteiger partial charge in [0, 0.05) is 43.2 Å². The van der Waals surface area contributed by atoms with Gasteiger partial charge >= 0.3 is 12.4 Å². The summed E-state index contributed by atoms with van der Waals surface area (Å²) >= 11 is 0. The van der Waals surface area contributed by atoms with Gasteiger partial charge in [-0.1, -0.05) is 0 Å². The van der Waals surface area contributed by atoms with Gasteiger partial charge in [-0.05, 0) is 38.0 Å². The molecular formula is C22H20F6N6O. The minimum atomic E-state index is -4.99. The highest BCUT2D eigenvalue weighted by atomic mass is 19.4. The number of nitrogens with one attached hydrogen (secondary N) is 1. The smallest absolute Gasteiger partial charge is 0.356 e. The van der Waals surface area contributed by atoms with E-state index in [0.29, 0.717) is 49.7 Å². The van der Waals surface area contributed by atoms with E-state index in [9.17, 15) is 31.1 Å². The molecule has 0 unspecified atom stereocenters. The van der Waals surface area contributed by atoms with Gasteiger partial charge in [0.15, 0.2) is 0 Å². The Labute approximate surface area is 195 Å². The summed E-state index contributed by atoms with van der Waals surface area (Å²) in [6.07, 6.45) is -4.47. The second-order valence-electron chi connectivity index (χ2n) is 8.12. The topological polar surface area (TPSA) is 75.9 Å². The Bertz CT molecular complexity index is 1180. The lowest BCUT2D eigenvalue weighted by Gasteiger charge is -2.32. The third-order valence-corrected chi connectivity index (χ3v) is 5.76. The van der Waals surface area contributed by atoms with E-state index in [-0.39, 0.29) is 6.07 Å². The van der Waals surface area contributed by atoms with E-state index in [0.717, 1.165) is 5.82 Å². The lowest BCUT2D eigenvalue weighted by molar-refractivity contribution is -0.143. The predicted molar refractivity (Wildman–Crippen MR) is 114 cm³/mol. The molecule has 1 saturated heterocycles. The summed E-state index contributed by atoms with van der Waals surface area (Å²) in [5.74, 6) is 0.791. The van der Waals surface area contributed by atoms with Gasteiger partial charge in [-0.2, -0.15) is 26.3 Å². The Morgan fingerprint density at radius 2 is 1.51 bits per heavy atom. The van der Waals surface area contributed by atoms with Crippen molar-refractivity contribution in [1.29, 1.82) is 0 Å². The summed E-state index contributed by atoms with van der Waals surface area (Å²) in [6, 6.07) is 2.80. The number of piperidine rings is 1. The van der Waals surface area contributed by atoms with E-state index in [1.54, 1.807) is 23.0 Å². The van der Waals surface area contributed by atoms with Crippen LogP contribution in [0.2, 0.25) is 0 Å². The number of carbonyl (C=O) groups is 1. The zero-order valence-corrected chi connectivity index (χ0v) is 18.4. The maximum absolute atomic E-state index is 13.1. The van der Waals surface area contributed by atoms with E-state index in [1.807, 2.05) is 11.8 Å². The predicted octanol–water partition coefficient (Wildman–Crippen LogP) is 4.86. The van der Waals surface area contributed by atoms with E-state index >= 15 is 0 Å². The van der Waals surface area contributed by atoms with Crippen molar-refractivity contribution in [3.63, 3.8) is 0 Å². The maximum Gasteiger partial charge on any atom is 0.416 e. The number of hydrogen-bond donors (Lipinski definition) is 1. The summed E-state index contributed by atoms with van der Waals surface area (Å²) in [6.45, 7) is 2.68. The van der Waals surface area contributed by atoms with Crippen molar-refractivity contribution in [2.75, 3.05) is 23.3 Å². The SMILES string of the molecule is Cc1nccn1-c1cc(N2CCC(C(=O)Nc3cc(C(F)(F)F)cc(C(F)(F)F)c3)CC2)ncn1. The first-order valence-electron chi connectivity index (χ1n) is 10.6. The number of anilines is 2. The van der Waals surface area contributed by atoms with Crippen LogP contribution in [0.15, 0.2) is 43.0 Å². The van der Waals surface area contributed by atoms with E-state index in [2.05, 4.69) is 20.3 Å². The molecule has 0 aliphatic carbocycles. The molecule has 4 rings (SSSR count). The lowest BCUT2D eigenvalue weighted by atomic mass is 9.95. The maximum atomic E-state index is 13.1. The van der Waals surface area contributed by atoms with Crippen molar-refractivity contribution >= 4 is 17.4 Å². The van der Waals surface area contributed by atoms with Crippen molar-refractivity contribution in [2.45, 2.75) is 32.1 Å². The first kappa shape index (κ1) is 24.5. The van der Waals surface area contributed by atoms with Crippen molar-refractivity contribution in [2.24, 2.45) is 5.92 Å². The lowest BCUT2D eigenvalue weighted by Crippen LogP contribution is -2.38. The first-order valence-corrected chi connectivity index (χ1v) is 10.6. The Morgan fingerprint density at radius 1 is 0.914 bits per heavy atom. The van der Waals surface area contributed by atoms with E-state index < -0.39 is 41.0 Å². The number of carbonyl (C=O) groups excluding carboxylic acids is 1. The minimum absolute atomic E-state index is 0.0232. The highest BCUT2D eigenvalue weighted by Crippen LogP contribution is 2.37. The van der Waals surface area contributed by atoms with Gasteiger partial charge in [-0.25, -0.2) is 15.0 Å². The number of nitrogens with zero attached hydrogens (tertiary/aromatic N) is 5. The number of hydrogen-bond acceptors (Lipinski definition) is 5. The van der Waals surface area contributed by atoms with Crippen LogP contribution in [0.1, 0.15) is 29.8 Å². The minimum Gasteiger partial charge on any atom is -0.356 e. The third-order valence-electron chi connectivity index (χ3n) is 5.76. The fourth-order valence-electron chi connectivity index (χ4n) is 3.90. The average molecular weight is 498 g/mol. The number of aromatic nitrogens is 4. The number of rotatable bonds is 4. The number of aryl methyl sites for hydroxylation is 1. The van der Waals surface area contributed by atoms with Crippen molar-refractivity contribution in [1.82, 2.24) is 19.5 Å². The molecule has 0 spiro atoms. The van der Waals surface area contributed by atoms with Gasteiger partial charge in [0.2, 0.25) is 5.91 Å². The van der Waals surface area contributed by atoms with Crippen LogP contribution in [0.4, 0.5) is 37.8 Å². The van der Waals surface area contributed by atoms with Crippen LogP contribution in [-0.2, 0) is 17.1 Å². The number of alkyl halides is 6. The van der Waals surface area contributed by atoms with Crippen LogP contribution >= 0.6 is 0 Å². The monoisotopic (exact) mass is 498 g/mol. The molecule has 1 aliphatic rings. The Morgan fingerprint density at radius 3 is 2.06 bits per heavy atom. The molecule has 0 bridgehead atoms. The first-order chi connectivity index (χ1) is 16.4. The molecule has 3 heterocycles. The zero-order chi connectivity index (χ0) is 25.4. The second-order valence-corrected chi connectivity index (χ2v) is 8.12. The molecule has 13 heteroatoms. The summed E-state index contributed by atoms with van der Waals surface area (Å²) in [5.41, 5.74) is -3.51. The average Bonchev–Trinajstić information content (AvgIpc) is 3.24. The molecule has 0 saturated carbocycles. The second kappa shape index (κ2) is 9.19. The van der Waals surface area contributed by atoms with Gasteiger partial charge in [-0.15, -0.1) is 0 Å². The summed E-state index contributed by atoms with van der Waals surface area (Å²) in [7, 11) is 0. The highest BCUT2D eigenvalue weighted by Gasteiger charge is 2.37. The third kappa shape index (κ3) is 5.54. The largest absolute Gasteiger partial charge is 0.416 e. The normalized spacial score (nSPS) is 15.3. The fraction of sp³-hybridized carbons (Fsp3) is 0.364. The number of benzene rings is 1. The summed E-state index contributed by atoms with van der Waals surface area (Å²) in [4.78, 5) is 27.3. The number of halogens is 6. The molecule has 1 aromatic carbocycles. The molecule has 35 heavy (non-hydrogen) atoms. The van der Waals surface area contributed by atoms with Gasteiger partial charge in [-0.3, -0.25) is 9.36 Å². The summed E-state index contributed by atoms with van der Waals surface area (Å²) in [5, 5.41) is 2.23. The molecule has 0 atom stereocenters.